The van der Waals surface area contributed by atoms with Crippen molar-refractivity contribution in [2.45, 2.75) is 39.5 Å². The van der Waals surface area contributed by atoms with Crippen molar-refractivity contribution >= 4 is 5.91 Å². The summed E-state index contributed by atoms with van der Waals surface area (Å²) in [6.45, 7) is 6.27. The van der Waals surface area contributed by atoms with E-state index >= 15 is 0 Å². The first kappa shape index (κ1) is 22.1. The number of aromatic nitrogens is 2. The molecule has 0 unspecified atom stereocenters. The largest absolute Gasteiger partial charge is 0.348 e. The molecule has 0 radical (unpaired) electrons. The van der Waals surface area contributed by atoms with E-state index < -0.39 is 0 Å². The number of imidazole rings is 1. The minimum Gasteiger partial charge on any atom is -0.348 e. The van der Waals surface area contributed by atoms with Gasteiger partial charge in [-0.25, -0.2) is 4.98 Å². The Kier molecular flexibility index (Phi) is 6.54. The van der Waals surface area contributed by atoms with E-state index in [9.17, 15) is 4.79 Å². The maximum atomic E-state index is 12.6. The first-order valence-corrected chi connectivity index (χ1v) is 11.9. The number of amides is 1. The monoisotopic (exact) mass is 450 g/mol. The first-order valence-electron chi connectivity index (χ1n) is 11.9. The van der Waals surface area contributed by atoms with Gasteiger partial charge in [-0.3, -0.25) is 9.69 Å². The molecule has 2 heterocycles. The molecule has 1 aromatic heterocycles. The van der Waals surface area contributed by atoms with Gasteiger partial charge in [0.05, 0.1) is 0 Å². The van der Waals surface area contributed by atoms with Crippen LogP contribution in [0.15, 0.2) is 85.2 Å². The number of nitrogens with zero attached hydrogens (tertiary/aromatic N) is 3. The van der Waals surface area contributed by atoms with Crippen LogP contribution in [-0.4, -0.2) is 26.9 Å². The summed E-state index contributed by atoms with van der Waals surface area (Å²) in [5.41, 5.74) is 7.12. The van der Waals surface area contributed by atoms with Crippen molar-refractivity contribution in [2.75, 3.05) is 6.54 Å². The van der Waals surface area contributed by atoms with Gasteiger partial charge in [-0.05, 0) is 53.3 Å². The number of carbonyl (C=O) groups excluding carboxylic acids is 1. The lowest BCUT2D eigenvalue weighted by atomic mass is 9.99. The highest BCUT2D eigenvalue weighted by Crippen LogP contribution is 2.20. The molecule has 4 aromatic rings. The summed E-state index contributed by atoms with van der Waals surface area (Å²) in [6, 6.07) is 25.1. The number of rotatable bonds is 7. The third kappa shape index (κ3) is 5.26. The van der Waals surface area contributed by atoms with Crippen molar-refractivity contribution < 1.29 is 4.79 Å². The maximum absolute atomic E-state index is 12.6. The minimum atomic E-state index is -0.0448. The molecule has 1 amide bonds. The van der Waals surface area contributed by atoms with Crippen molar-refractivity contribution in [2.24, 2.45) is 0 Å². The van der Waals surface area contributed by atoms with Gasteiger partial charge < -0.3 is 9.88 Å². The summed E-state index contributed by atoms with van der Waals surface area (Å²) in [6.07, 6.45) is 4.90. The van der Waals surface area contributed by atoms with Gasteiger partial charge in [0.15, 0.2) is 0 Å². The summed E-state index contributed by atoms with van der Waals surface area (Å²) in [5, 5.41) is 3.04. The second-order valence-corrected chi connectivity index (χ2v) is 9.03. The number of carbonyl (C=O) groups is 1. The molecular formula is C29H30N4O. The van der Waals surface area contributed by atoms with Crippen molar-refractivity contribution in [3.8, 4) is 0 Å². The van der Waals surface area contributed by atoms with Gasteiger partial charge in [0.25, 0.3) is 5.91 Å². The number of fused-ring (bicyclic) bond motifs is 1. The van der Waals surface area contributed by atoms with E-state index in [0.717, 1.165) is 44.0 Å². The Hall–Kier alpha value is -3.70. The van der Waals surface area contributed by atoms with Gasteiger partial charge in [0.1, 0.15) is 5.82 Å². The fourth-order valence-corrected chi connectivity index (χ4v) is 4.52. The second kappa shape index (κ2) is 10.1. The quantitative estimate of drug-likeness (QED) is 0.443. The number of nitrogens with one attached hydrogen (secondary N) is 1. The van der Waals surface area contributed by atoms with Gasteiger partial charge in [0.2, 0.25) is 0 Å². The van der Waals surface area contributed by atoms with Crippen LogP contribution >= 0.6 is 0 Å². The van der Waals surface area contributed by atoms with E-state index in [-0.39, 0.29) is 5.91 Å². The lowest BCUT2D eigenvalue weighted by molar-refractivity contribution is 0.0951. The van der Waals surface area contributed by atoms with Gasteiger partial charge in [0, 0.05) is 50.7 Å². The molecule has 3 aromatic carbocycles. The summed E-state index contributed by atoms with van der Waals surface area (Å²) in [7, 11) is 0. The summed E-state index contributed by atoms with van der Waals surface area (Å²) in [5.74, 6) is 0.959. The Bertz CT molecular complexity index is 1260. The van der Waals surface area contributed by atoms with E-state index in [1.807, 2.05) is 31.5 Å². The van der Waals surface area contributed by atoms with Gasteiger partial charge in [-0.1, -0.05) is 60.7 Å². The molecule has 5 nitrogen and oxygen atoms in total. The first-order chi connectivity index (χ1) is 16.6. The topological polar surface area (TPSA) is 50.2 Å². The number of hydrogen-bond acceptors (Lipinski definition) is 3. The Morgan fingerprint density at radius 3 is 2.29 bits per heavy atom. The zero-order chi connectivity index (χ0) is 23.3. The summed E-state index contributed by atoms with van der Waals surface area (Å²) >= 11 is 0. The van der Waals surface area contributed by atoms with E-state index in [1.165, 1.54) is 22.3 Å². The molecule has 0 aliphatic carbocycles. The number of aryl methyl sites for hydroxylation is 1. The molecule has 5 rings (SSSR count). The van der Waals surface area contributed by atoms with Crippen LogP contribution in [-0.2, 0) is 32.6 Å². The Morgan fingerprint density at radius 1 is 0.882 bits per heavy atom. The predicted octanol–water partition coefficient (Wildman–Crippen LogP) is 4.73. The van der Waals surface area contributed by atoms with Crippen LogP contribution in [0.4, 0.5) is 0 Å². The van der Waals surface area contributed by atoms with Crippen LogP contribution in [0.5, 0.6) is 0 Å². The molecule has 1 aliphatic rings. The maximum Gasteiger partial charge on any atom is 0.251 e. The third-order valence-electron chi connectivity index (χ3n) is 6.58. The molecule has 1 N–H and O–H groups in total. The molecule has 5 heteroatoms. The van der Waals surface area contributed by atoms with Crippen LogP contribution in [0, 0.1) is 6.92 Å². The second-order valence-electron chi connectivity index (χ2n) is 9.03. The fourth-order valence-electron chi connectivity index (χ4n) is 4.52. The smallest absolute Gasteiger partial charge is 0.251 e. The Labute approximate surface area is 201 Å². The number of benzene rings is 3. The summed E-state index contributed by atoms with van der Waals surface area (Å²) < 4.78 is 2.12. The van der Waals surface area contributed by atoms with E-state index in [0.29, 0.717) is 12.1 Å². The zero-order valence-electron chi connectivity index (χ0n) is 19.6. The molecule has 0 bridgehead atoms. The van der Waals surface area contributed by atoms with Gasteiger partial charge in [-0.2, -0.15) is 0 Å². The normalized spacial score (nSPS) is 13.4. The van der Waals surface area contributed by atoms with Crippen molar-refractivity contribution in [3.05, 3.63) is 124 Å². The molecule has 1 aliphatic heterocycles. The van der Waals surface area contributed by atoms with Crippen LogP contribution in [0.3, 0.4) is 0 Å². The molecule has 0 spiro atoms. The average Bonchev–Trinajstić information content (AvgIpc) is 3.28. The molecule has 34 heavy (non-hydrogen) atoms. The highest BCUT2D eigenvalue weighted by atomic mass is 16.1. The van der Waals surface area contributed by atoms with Gasteiger partial charge >= 0.3 is 0 Å². The lowest BCUT2D eigenvalue weighted by Gasteiger charge is -2.28. The van der Waals surface area contributed by atoms with E-state index in [2.05, 4.69) is 80.4 Å². The zero-order valence-corrected chi connectivity index (χ0v) is 19.6. The molecule has 0 saturated heterocycles. The standard InChI is InChI=1S/C29H30N4O/c1-22-30-15-17-33(22)20-25-8-6-23(7-9-25)18-31-29(34)27-12-10-24(11-13-27)19-32-16-14-26-4-2-3-5-28(26)21-32/h2-13,15,17H,14,16,18-21H2,1H3,(H,31,34). The van der Waals surface area contributed by atoms with Crippen LogP contribution in [0.2, 0.25) is 0 Å². The third-order valence-corrected chi connectivity index (χ3v) is 6.58. The SMILES string of the molecule is Cc1nccn1Cc1ccc(CNC(=O)c2ccc(CN3CCc4ccccc4C3)cc2)cc1. The fraction of sp³-hybridized carbons (Fsp3) is 0.241. The highest BCUT2D eigenvalue weighted by molar-refractivity contribution is 5.94. The van der Waals surface area contributed by atoms with Crippen LogP contribution in [0.25, 0.3) is 0 Å². The highest BCUT2D eigenvalue weighted by Gasteiger charge is 2.16. The molecule has 0 atom stereocenters. The Balaban J connectivity index is 1.12. The van der Waals surface area contributed by atoms with Crippen molar-refractivity contribution in [1.82, 2.24) is 19.8 Å². The van der Waals surface area contributed by atoms with Crippen LogP contribution in [0.1, 0.15) is 44.0 Å². The Morgan fingerprint density at radius 2 is 1.56 bits per heavy atom. The molecule has 0 fully saturated rings. The molecule has 172 valence electrons. The minimum absolute atomic E-state index is 0.0448. The molecule has 0 saturated carbocycles. The van der Waals surface area contributed by atoms with Crippen molar-refractivity contribution in [1.29, 1.82) is 0 Å². The number of hydrogen-bond donors (Lipinski definition) is 1. The van der Waals surface area contributed by atoms with Crippen molar-refractivity contribution in [3.63, 3.8) is 0 Å². The predicted molar refractivity (Wildman–Crippen MR) is 134 cm³/mol. The molecular weight excluding hydrogens is 420 g/mol. The van der Waals surface area contributed by atoms with Crippen LogP contribution < -0.4 is 5.32 Å². The van der Waals surface area contributed by atoms with E-state index in [1.54, 1.807) is 0 Å². The van der Waals surface area contributed by atoms with E-state index in [4.69, 9.17) is 0 Å². The summed E-state index contributed by atoms with van der Waals surface area (Å²) in [4.78, 5) is 19.4. The lowest BCUT2D eigenvalue weighted by Crippen LogP contribution is -2.30. The van der Waals surface area contributed by atoms with Gasteiger partial charge in [-0.15, -0.1) is 0 Å². The average molecular weight is 451 g/mol.